The van der Waals surface area contributed by atoms with Crippen LogP contribution in [0.15, 0.2) is 30.6 Å². The summed E-state index contributed by atoms with van der Waals surface area (Å²) in [5, 5.41) is 9.18. The van der Waals surface area contributed by atoms with Crippen molar-refractivity contribution in [2.45, 2.75) is 6.04 Å². The largest absolute Gasteiger partial charge is 0.382 e. The number of carbonyl (C=O) groups excluding carboxylic acids is 1. The molecule has 112 valence electrons. The number of hydrogen-bond acceptors (Lipinski definition) is 4. The van der Waals surface area contributed by atoms with Crippen LogP contribution < -0.4 is 10.6 Å². The summed E-state index contributed by atoms with van der Waals surface area (Å²) in [5.74, 6) is -0.137. The minimum Gasteiger partial charge on any atom is -0.382 e. The maximum atomic E-state index is 12.9. The summed E-state index contributed by atoms with van der Waals surface area (Å²) in [5.41, 5.74) is 0.738. The number of halogens is 1. The van der Waals surface area contributed by atoms with E-state index in [0.717, 1.165) is 5.56 Å². The molecular formula is C13H16FN5O2. The van der Waals surface area contributed by atoms with Crippen molar-refractivity contribution in [3.8, 4) is 0 Å². The molecule has 0 radical (unpaired) electrons. The van der Waals surface area contributed by atoms with E-state index < -0.39 is 12.1 Å². The second-order valence-electron chi connectivity index (χ2n) is 4.40. The van der Waals surface area contributed by atoms with Crippen LogP contribution in [0.2, 0.25) is 0 Å². The number of amides is 2. The van der Waals surface area contributed by atoms with Gasteiger partial charge >= 0.3 is 6.03 Å². The van der Waals surface area contributed by atoms with Crippen molar-refractivity contribution in [2.24, 2.45) is 7.05 Å². The molecule has 2 amide bonds. The molecule has 0 spiro atoms. The maximum absolute atomic E-state index is 12.9. The Labute approximate surface area is 121 Å². The van der Waals surface area contributed by atoms with E-state index in [2.05, 4.69) is 20.7 Å². The second-order valence-corrected chi connectivity index (χ2v) is 4.40. The highest BCUT2D eigenvalue weighted by molar-refractivity contribution is 5.87. The van der Waals surface area contributed by atoms with Gasteiger partial charge in [-0.05, 0) is 17.7 Å². The minimum atomic E-state index is -0.465. The molecule has 0 aliphatic rings. The number of aryl methyl sites for hydroxylation is 1. The molecule has 0 saturated carbocycles. The normalized spacial score (nSPS) is 12.0. The zero-order valence-corrected chi connectivity index (χ0v) is 11.7. The molecule has 0 saturated heterocycles. The van der Waals surface area contributed by atoms with Gasteiger partial charge in [0, 0.05) is 14.2 Å². The molecule has 2 aromatic rings. The lowest BCUT2D eigenvalue weighted by atomic mass is 10.1. The Morgan fingerprint density at radius 2 is 2.14 bits per heavy atom. The van der Waals surface area contributed by atoms with Crippen molar-refractivity contribution in [3.05, 3.63) is 42.0 Å². The van der Waals surface area contributed by atoms with Crippen LogP contribution in [0.4, 0.5) is 15.1 Å². The molecule has 1 unspecified atom stereocenters. The van der Waals surface area contributed by atoms with Crippen molar-refractivity contribution in [1.82, 2.24) is 20.1 Å². The van der Waals surface area contributed by atoms with E-state index in [1.54, 1.807) is 19.2 Å². The number of hydrogen-bond donors (Lipinski definition) is 2. The summed E-state index contributed by atoms with van der Waals surface area (Å²) in [6.45, 7) is 0.259. The Bertz CT molecular complexity index is 599. The zero-order valence-electron chi connectivity index (χ0n) is 11.7. The molecule has 2 N–H and O–H groups in total. The highest BCUT2D eigenvalue weighted by atomic mass is 19.1. The molecule has 0 bridgehead atoms. The predicted molar refractivity (Wildman–Crippen MR) is 74.2 cm³/mol. The third kappa shape index (κ3) is 4.25. The lowest BCUT2D eigenvalue weighted by Crippen LogP contribution is -2.35. The van der Waals surface area contributed by atoms with Gasteiger partial charge in [0.25, 0.3) is 0 Å². The number of methoxy groups -OCH3 is 1. The number of nitrogens with zero attached hydrogens (tertiary/aromatic N) is 3. The van der Waals surface area contributed by atoms with Crippen molar-refractivity contribution >= 4 is 12.0 Å². The van der Waals surface area contributed by atoms with Crippen LogP contribution in [0.25, 0.3) is 0 Å². The maximum Gasteiger partial charge on any atom is 0.322 e. The molecule has 0 fully saturated rings. The van der Waals surface area contributed by atoms with Gasteiger partial charge in [0.2, 0.25) is 5.95 Å². The van der Waals surface area contributed by atoms with Gasteiger partial charge in [-0.1, -0.05) is 12.1 Å². The number of anilines is 1. The molecule has 1 aromatic heterocycles. The van der Waals surface area contributed by atoms with Crippen molar-refractivity contribution in [3.63, 3.8) is 0 Å². The molecule has 2 rings (SSSR count). The molecule has 1 heterocycles. The van der Waals surface area contributed by atoms with E-state index >= 15 is 0 Å². The van der Waals surface area contributed by atoms with Crippen LogP contribution in [-0.4, -0.2) is 34.5 Å². The van der Waals surface area contributed by atoms with E-state index in [4.69, 9.17) is 4.74 Å². The fraction of sp³-hybridized carbons (Fsp3) is 0.308. The van der Waals surface area contributed by atoms with Crippen LogP contribution in [0, 0.1) is 5.82 Å². The summed E-state index contributed by atoms with van der Waals surface area (Å²) >= 11 is 0. The topological polar surface area (TPSA) is 81.1 Å². The first-order chi connectivity index (χ1) is 10.1. The van der Waals surface area contributed by atoms with Gasteiger partial charge in [0.1, 0.15) is 12.1 Å². The molecular weight excluding hydrogens is 277 g/mol. The molecule has 0 aliphatic heterocycles. The summed E-state index contributed by atoms with van der Waals surface area (Å²) in [7, 11) is 3.22. The molecule has 7 nitrogen and oxygen atoms in total. The van der Waals surface area contributed by atoms with Gasteiger partial charge in [-0.25, -0.2) is 14.2 Å². The van der Waals surface area contributed by atoms with Gasteiger partial charge < -0.3 is 10.1 Å². The van der Waals surface area contributed by atoms with E-state index in [0.29, 0.717) is 0 Å². The van der Waals surface area contributed by atoms with Gasteiger partial charge in [-0.3, -0.25) is 10.00 Å². The number of aromatic nitrogens is 3. The minimum absolute atomic E-state index is 0.199. The molecule has 0 aliphatic carbocycles. The summed E-state index contributed by atoms with van der Waals surface area (Å²) < 4.78 is 19.5. The van der Waals surface area contributed by atoms with Gasteiger partial charge in [-0.15, -0.1) is 5.10 Å². The average molecular weight is 293 g/mol. The fourth-order valence-electron chi connectivity index (χ4n) is 1.78. The molecule has 21 heavy (non-hydrogen) atoms. The number of nitrogens with one attached hydrogen (secondary N) is 2. The third-order valence-corrected chi connectivity index (χ3v) is 2.74. The predicted octanol–water partition coefficient (Wildman–Crippen LogP) is 1.46. The van der Waals surface area contributed by atoms with Crippen molar-refractivity contribution in [1.29, 1.82) is 0 Å². The Morgan fingerprint density at radius 1 is 1.43 bits per heavy atom. The van der Waals surface area contributed by atoms with Crippen LogP contribution in [0.5, 0.6) is 0 Å². The second kappa shape index (κ2) is 6.80. The molecule has 8 heteroatoms. The summed E-state index contributed by atoms with van der Waals surface area (Å²) in [4.78, 5) is 15.8. The van der Waals surface area contributed by atoms with E-state index in [9.17, 15) is 9.18 Å². The first-order valence-corrected chi connectivity index (χ1v) is 6.26. The Balaban J connectivity index is 2.01. The van der Waals surface area contributed by atoms with Crippen LogP contribution >= 0.6 is 0 Å². The summed E-state index contributed by atoms with van der Waals surface area (Å²) in [6, 6.07) is 4.98. The molecule has 1 aromatic carbocycles. The highest BCUT2D eigenvalue weighted by Crippen LogP contribution is 2.14. The lowest BCUT2D eigenvalue weighted by Gasteiger charge is -2.18. The lowest BCUT2D eigenvalue weighted by molar-refractivity contribution is 0.168. The first-order valence-electron chi connectivity index (χ1n) is 6.26. The van der Waals surface area contributed by atoms with Gasteiger partial charge in [-0.2, -0.15) is 0 Å². The van der Waals surface area contributed by atoms with Crippen LogP contribution in [0.1, 0.15) is 11.6 Å². The number of benzene rings is 1. The van der Waals surface area contributed by atoms with Crippen molar-refractivity contribution in [2.75, 3.05) is 19.0 Å². The number of ether oxygens (including phenoxy) is 1. The van der Waals surface area contributed by atoms with E-state index in [1.165, 1.54) is 30.3 Å². The number of carbonyl (C=O) groups is 1. The summed E-state index contributed by atoms with van der Waals surface area (Å²) in [6.07, 6.45) is 1.47. The monoisotopic (exact) mass is 293 g/mol. The van der Waals surface area contributed by atoms with E-state index in [1.807, 2.05) is 0 Å². The zero-order chi connectivity index (χ0) is 15.2. The smallest absolute Gasteiger partial charge is 0.322 e. The van der Waals surface area contributed by atoms with Crippen LogP contribution in [-0.2, 0) is 11.8 Å². The standard InChI is InChI=1S/C13H16FN5O2/c1-19-8-15-12(18-19)17-13(20)16-11(7-21-2)9-3-5-10(14)6-4-9/h3-6,8,11H,7H2,1-2H3,(H2,16,17,18,20). The quantitative estimate of drug-likeness (QED) is 0.874. The van der Waals surface area contributed by atoms with Gasteiger partial charge in [0.05, 0.1) is 12.6 Å². The SMILES string of the molecule is COCC(NC(=O)Nc1ncn(C)n1)c1ccc(F)cc1. The average Bonchev–Trinajstić information content (AvgIpc) is 2.84. The van der Waals surface area contributed by atoms with Crippen molar-refractivity contribution < 1.29 is 13.9 Å². The Kier molecular flexibility index (Phi) is 4.83. The highest BCUT2D eigenvalue weighted by Gasteiger charge is 2.15. The van der Waals surface area contributed by atoms with E-state index in [-0.39, 0.29) is 18.4 Å². The first kappa shape index (κ1) is 14.9. The Hall–Kier alpha value is -2.48. The fourth-order valence-corrected chi connectivity index (χ4v) is 1.78. The van der Waals surface area contributed by atoms with Crippen LogP contribution in [0.3, 0.4) is 0 Å². The molecule has 1 atom stereocenters. The number of urea groups is 1. The van der Waals surface area contributed by atoms with Gasteiger partial charge in [0.15, 0.2) is 0 Å². The third-order valence-electron chi connectivity index (χ3n) is 2.74. The Morgan fingerprint density at radius 3 is 2.71 bits per heavy atom. The number of rotatable bonds is 5.